The summed E-state index contributed by atoms with van der Waals surface area (Å²) in [5.41, 5.74) is 6.01. The summed E-state index contributed by atoms with van der Waals surface area (Å²) in [6.45, 7) is 8.46. The first-order chi connectivity index (χ1) is 19.0. The summed E-state index contributed by atoms with van der Waals surface area (Å²) in [5, 5.41) is 9.88. The molecule has 1 atom stereocenters. The molecule has 0 aliphatic heterocycles. The van der Waals surface area contributed by atoms with Crippen molar-refractivity contribution >= 4 is 11.5 Å². The summed E-state index contributed by atoms with van der Waals surface area (Å²) in [5.74, 6) is 0.233. The van der Waals surface area contributed by atoms with Crippen molar-refractivity contribution in [3.63, 3.8) is 0 Å². The zero-order chi connectivity index (χ0) is 28.7. The molecule has 1 N–H and O–H groups in total. The molecule has 0 aromatic heterocycles. The van der Waals surface area contributed by atoms with Gasteiger partial charge in [-0.3, -0.25) is 4.79 Å². The number of carboxylic acid groups (broad SMARTS) is 1. The summed E-state index contributed by atoms with van der Waals surface area (Å²) in [6, 6.07) is 17.1. The second-order valence-electron chi connectivity index (χ2n) is 12.4. The highest BCUT2D eigenvalue weighted by molar-refractivity contribution is 5.85. The fourth-order valence-corrected chi connectivity index (χ4v) is 6.37. The van der Waals surface area contributed by atoms with E-state index in [0.717, 1.165) is 60.1 Å². The quantitative estimate of drug-likeness (QED) is 0.309. The maximum atomic E-state index is 15.1. The number of carboxylic acids is 1. The molecule has 0 saturated carbocycles. The highest BCUT2D eigenvalue weighted by atomic mass is 19.1. The van der Waals surface area contributed by atoms with E-state index in [4.69, 9.17) is 9.47 Å². The number of hydrogen-bond donors (Lipinski definition) is 1. The molecule has 5 heteroatoms. The minimum Gasteiger partial charge on any atom is -0.497 e. The fourth-order valence-electron chi connectivity index (χ4n) is 6.37. The maximum absolute atomic E-state index is 15.1. The first-order valence-corrected chi connectivity index (χ1v) is 14.2. The number of fused-ring (bicyclic) bond motifs is 1. The Hall–Kier alpha value is -3.60. The van der Waals surface area contributed by atoms with Crippen molar-refractivity contribution in [3.8, 4) is 22.6 Å². The first kappa shape index (κ1) is 27.9. The van der Waals surface area contributed by atoms with E-state index in [9.17, 15) is 9.90 Å². The largest absolute Gasteiger partial charge is 0.497 e. The minimum atomic E-state index is -0.851. The number of methoxy groups -OCH3 is 1. The van der Waals surface area contributed by atoms with Gasteiger partial charge in [-0.1, -0.05) is 38.1 Å². The number of ether oxygens (including phenoxy) is 2. The molecular weight excluding hydrogens is 503 g/mol. The Morgan fingerprint density at radius 1 is 1.02 bits per heavy atom. The normalized spacial score (nSPS) is 18.1. The van der Waals surface area contributed by atoms with E-state index >= 15 is 4.39 Å². The molecule has 3 aromatic rings. The molecule has 0 heterocycles. The molecule has 1 unspecified atom stereocenters. The zero-order valence-corrected chi connectivity index (χ0v) is 24.1. The van der Waals surface area contributed by atoms with Crippen molar-refractivity contribution in [1.82, 2.24) is 0 Å². The van der Waals surface area contributed by atoms with Gasteiger partial charge in [-0.05, 0) is 127 Å². The zero-order valence-electron chi connectivity index (χ0n) is 24.1. The van der Waals surface area contributed by atoms with E-state index in [-0.39, 0.29) is 17.2 Å². The van der Waals surface area contributed by atoms with Gasteiger partial charge in [0.15, 0.2) is 0 Å². The van der Waals surface area contributed by atoms with Gasteiger partial charge in [0, 0.05) is 5.56 Å². The molecule has 0 spiro atoms. The number of allylic oxidation sites excluding steroid dienone is 2. The third kappa shape index (κ3) is 5.26. The summed E-state index contributed by atoms with van der Waals surface area (Å²) in [4.78, 5) is 12.0. The molecule has 2 aliphatic carbocycles. The molecular formula is C35H39FO4. The Balaban J connectivity index is 1.47. The highest BCUT2D eigenvalue weighted by Crippen LogP contribution is 2.48. The number of rotatable bonds is 8. The molecule has 210 valence electrons. The van der Waals surface area contributed by atoms with Crippen molar-refractivity contribution in [2.24, 2.45) is 10.8 Å². The lowest BCUT2D eigenvalue weighted by atomic mass is 9.68. The molecule has 0 fully saturated rings. The van der Waals surface area contributed by atoms with Crippen LogP contribution in [-0.2, 0) is 17.8 Å². The van der Waals surface area contributed by atoms with Gasteiger partial charge in [-0.25, -0.2) is 4.39 Å². The lowest BCUT2D eigenvalue weighted by Crippen LogP contribution is -2.33. The van der Waals surface area contributed by atoms with Crippen LogP contribution < -0.4 is 9.47 Å². The Morgan fingerprint density at radius 2 is 1.80 bits per heavy atom. The van der Waals surface area contributed by atoms with Crippen molar-refractivity contribution in [2.75, 3.05) is 7.11 Å². The number of aliphatic carboxylic acids is 1. The lowest BCUT2D eigenvalue weighted by Gasteiger charge is -2.35. The number of halogens is 1. The van der Waals surface area contributed by atoms with Crippen molar-refractivity contribution in [3.05, 3.63) is 88.7 Å². The van der Waals surface area contributed by atoms with E-state index in [1.807, 2.05) is 38.1 Å². The standard InChI is InChI=1S/C35H39FO4/c1-34(2)17-7-10-30(34)28-18-22(11-15-26(28)29-19-24(39-5)14-16-32(29)36)21-40-25-13-12-23-8-6-9-31(27(23)20-25)35(3,4)33(37)38/h10-16,18-20,31H,6-9,17,21H2,1-5H3,(H,37,38). The van der Waals surface area contributed by atoms with Crippen LogP contribution >= 0.6 is 0 Å². The van der Waals surface area contributed by atoms with Crippen LogP contribution in [0.4, 0.5) is 4.39 Å². The van der Waals surface area contributed by atoms with Crippen LogP contribution in [0.15, 0.2) is 60.7 Å². The van der Waals surface area contributed by atoms with E-state index in [1.165, 1.54) is 17.2 Å². The van der Waals surface area contributed by atoms with Crippen molar-refractivity contribution in [2.45, 2.75) is 72.3 Å². The van der Waals surface area contributed by atoms with Gasteiger partial charge in [0.25, 0.3) is 0 Å². The Morgan fingerprint density at radius 3 is 2.50 bits per heavy atom. The molecule has 0 saturated heterocycles. The monoisotopic (exact) mass is 542 g/mol. The van der Waals surface area contributed by atoms with Gasteiger partial charge in [0.2, 0.25) is 0 Å². The first-order valence-electron chi connectivity index (χ1n) is 14.2. The number of aryl methyl sites for hydroxylation is 1. The van der Waals surface area contributed by atoms with E-state index < -0.39 is 11.4 Å². The topological polar surface area (TPSA) is 55.8 Å². The van der Waals surface area contributed by atoms with E-state index in [2.05, 4.69) is 32.1 Å². The third-order valence-corrected chi connectivity index (χ3v) is 8.94. The van der Waals surface area contributed by atoms with Crippen LogP contribution in [0.5, 0.6) is 11.5 Å². The minimum absolute atomic E-state index is 0.0198. The van der Waals surface area contributed by atoms with Gasteiger partial charge in [0.05, 0.1) is 12.5 Å². The summed E-state index contributed by atoms with van der Waals surface area (Å²) in [6.07, 6.45) is 7.11. The molecule has 4 nitrogen and oxygen atoms in total. The molecule has 0 amide bonds. The fraction of sp³-hybridized carbons (Fsp3) is 0.400. The highest BCUT2D eigenvalue weighted by Gasteiger charge is 2.40. The van der Waals surface area contributed by atoms with Gasteiger partial charge in [0.1, 0.15) is 23.9 Å². The summed E-state index contributed by atoms with van der Waals surface area (Å²) >= 11 is 0. The smallest absolute Gasteiger partial charge is 0.309 e. The summed E-state index contributed by atoms with van der Waals surface area (Å²) in [7, 11) is 1.59. The Kier molecular flexibility index (Phi) is 7.52. The predicted octanol–water partition coefficient (Wildman–Crippen LogP) is 8.81. The van der Waals surface area contributed by atoms with Gasteiger partial charge >= 0.3 is 5.97 Å². The van der Waals surface area contributed by atoms with Gasteiger partial charge in [-0.2, -0.15) is 0 Å². The summed E-state index contributed by atoms with van der Waals surface area (Å²) < 4.78 is 26.8. The molecule has 2 aliphatic rings. The second-order valence-corrected chi connectivity index (χ2v) is 12.4. The van der Waals surface area contributed by atoms with Crippen molar-refractivity contribution in [1.29, 1.82) is 0 Å². The molecule has 5 rings (SSSR count). The van der Waals surface area contributed by atoms with Crippen LogP contribution in [0, 0.1) is 16.6 Å². The molecule has 0 bridgehead atoms. The van der Waals surface area contributed by atoms with Crippen LogP contribution in [0.2, 0.25) is 0 Å². The average Bonchev–Trinajstić information content (AvgIpc) is 3.30. The molecule has 40 heavy (non-hydrogen) atoms. The van der Waals surface area contributed by atoms with Crippen LogP contribution in [0.1, 0.15) is 81.5 Å². The Bertz CT molecular complexity index is 1470. The van der Waals surface area contributed by atoms with Crippen molar-refractivity contribution < 1.29 is 23.8 Å². The maximum Gasteiger partial charge on any atom is 0.309 e. The van der Waals surface area contributed by atoms with Gasteiger partial charge in [-0.15, -0.1) is 0 Å². The third-order valence-electron chi connectivity index (χ3n) is 8.94. The average molecular weight is 543 g/mol. The SMILES string of the molecule is COc1ccc(F)c(-c2ccc(COc3ccc4c(c3)C(C(C)(C)C(=O)O)CCC4)cc2C2=CCCC2(C)C)c1. The second kappa shape index (κ2) is 10.8. The lowest BCUT2D eigenvalue weighted by molar-refractivity contribution is -0.148. The van der Waals surface area contributed by atoms with Crippen LogP contribution in [-0.4, -0.2) is 18.2 Å². The van der Waals surface area contributed by atoms with Crippen LogP contribution in [0.3, 0.4) is 0 Å². The number of hydrogen-bond acceptors (Lipinski definition) is 3. The van der Waals surface area contributed by atoms with E-state index in [0.29, 0.717) is 17.9 Å². The predicted molar refractivity (Wildman–Crippen MR) is 157 cm³/mol. The molecule has 0 radical (unpaired) electrons. The number of benzene rings is 3. The molecule has 3 aromatic carbocycles. The van der Waals surface area contributed by atoms with E-state index in [1.54, 1.807) is 19.2 Å². The van der Waals surface area contributed by atoms with Crippen LogP contribution in [0.25, 0.3) is 16.7 Å². The Labute approximate surface area is 236 Å². The number of carbonyl (C=O) groups is 1. The van der Waals surface area contributed by atoms with Gasteiger partial charge < -0.3 is 14.6 Å².